The quantitative estimate of drug-likeness (QED) is 0.863. The van der Waals surface area contributed by atoms with Gasteiger partial charge in [0.05, 0.1) is 17.6 Å². The Morgan fingerprint density at radius 1 is 1.25 bits per heavy atom. The van der Waals surface area contributed by atoms with Gasteiger partial charge < -0.3 is 15.0 Å². The monoisotopic (exact) mass is 295 g/mol. The Hall–Kier alpha value is -1.04. The molecule has 0 bridgehead atoms. The summed E-state index contributed by atoms with van der Waals surface area (Å²) in [7, 11) is -0.505. The van der Waals surface area contributed by atoms with Gasteiger partial charge in [0.25, 0.3) is 0 Å². The maximum absolute atomic E-state index is 10.9. The zero-order valence-corrected chi connectivity index (χ0v) is 13.0. The Morgan fingerprint density at radius 2 is 1.80 bits per heavy atom. The molecule has 2 N–H and O–H groups in total. The molecular formula is C14H19BClNO3. The van der Waals surface area contributed by atoms with Gasteiger partial charge in [-0.2, -0.15) is 0 Å². The molecule has 0 radical (unpaired) electrons. The van der Waals surface area contributed by atoms with Crippen molar-refractivity contribution in [2.45, 2.75) is 45.3 Å². The van der Waals surface area contributed by atoms with Crippen molar-refractivity contribution in [1.29, 1.82) is 0 Å². The van der Waals surface area contributed by atoms with E-state index in [1.807, 2.05) is 39.8 Å². The summed E-state index contributed by atoms with van der Waals surface area (Å²) in [4.78, 5) is 10.9. The molecule has 1 aliphatic rings. The van der Waals surface area contributed by atoms with Crippen molar-refractivity contribution >= 4 is 30.1 Å². The van der Waals surface area contributed by atoms with Gasteiger partial charge in [-0.3, -0.25) is 4.79 Å². The Morgan fingerprint density at radius 3 is 2.25 bits per heavy atom. The molecule has 6 heteroatoms. The van der Waals surface area contributed by atoms with E-state index in [1.54, 1.807) is 6.07 Å². The lowest BCUT2D eigenvalue weighted by Crippen LogP contribution is -2.41. The molecule has 1 aliphatic heterocycles. The first kappa shape index (κ1) is 15.4. The van der Waals surface area contributed by atoms with Crippen LogP contribution in [0, 0.1) is 0 Å². The van der Waals surface area contributed by atoms with Crippen molar-refractivity contribution in [3.8, 4) is 0 Å². The highest BCUT2D eigenvalue weighted by Crippen LogP contribution is 2.37. The van der Waals surface area contributed by atoms with Gasteiger partial charge in [-0.05, 0) is 39.3 Å². The molecule has 20 heavy (non-hydrogen) atoms. The number of nitrogens with two attached hydrogens (primary N) is 1. The van der Waals surface area contributed by atoms with E-state index in [0.717, 1.165) is 11.0 Å². The van der Waals surface area contributed by atoms with Crippen LogP contribution in [0.25, 0.3) is 0 Å². The Balaban J connectivity index is 2.25. The van der Waals surface area contributed by atoms with Gasteiger partial charge in [-0.1, -0.05) is 23.7 Å². The van der Waals surface area contributed by atoms with Crippen molar-refractivity contribution in [3.63, 3.8) is 0 Å². The summed E-state index contributed by atoms with van der Waals surface area (Å²) in [6, 6.07) is 5.37. The number of hydrogen-bond donors (Lipinski definition) is 1. The highest BCUT2D eigenvalue weighted by atomic mass is 35.5. The fourth-order valence-corrected chi connectivity index (χ4v) is 2.34. The number of rotatable bonds is 3. The van der Waals surface area contributed by atoms with E-state index in [2.05, 4.69) is 0 Å². The lowest BCUT2D eigenvalue weighted by molar-refractivity contribution is -0.117. The minimum Gasteiger partial charge on any atom is -0.399 e. The maximum atomic E-state index is 10.9. The molecule has 1 fully saturated rings. The molecule has 0 aliphatic carbocycles. The molecule has 0 aromatic heterocycles. The minimum absolute atomic E-state index is 0.170. The van der Waals surface area contributed by atoms with Crippen molar-refractivity contribution < 1.29 is 14.1 Å². The normalized spacial score (nSPS) is 20.1. The molecule has 1 amide bonds. The molecule has 1 heterocycles. The molecule has 108 valence electrons. The summed E-state index contributed by atoms with van der Waals surface area (Å²) < 4.78 is 11.9. The topological polar surface area (TPSA) is 61.5 Å². The fraction of sp³-hybridized carbons (Fsp3) is 0.500. The first-order valence-electron chi connectivity index (χ1n) is 6.55. The van der Waals surface area contributed by atoms with E-state index in [9.17, 15) is 4.79 Å². The number of halogens is 1. The number of carbonyl (C=O) groups is 1. The van der Waals surface area contributed by atoms with E-state index in [0.29, 0.717) is 5.02 Å². The summed E-state index contributed by atoms with van der Waals surface area (Å²) in [6.45, 7) is 7.95. The van der Waals surface area contributed by atoms with Crippen LogP contribution < -0.4 is 11.2 Å². The van der Waals surface area contributed by atoms with E-state index in [-0.39, 0.29) is 12.3 Å². The molecule has 0 spiro atoms. The number of benzene rings is 1. The average molecular weight is 296 g/mol. The van der Waals surface area contributed by atoms with Crippen LogP contribution in [0.5, 0.6) is 0 Å². The van der Waals surface area contributed by atoms with Gasteiger partial charge >= 0.3 is 7.12 Å². The standard InChI is InChI=1S/C14H19BClNO3/c1-13(2)14(3,4)20-15(19-13)10-6-5-9(7-11(10)16)8-12(17)18/h5-7H,8H2,1-4H3,(H2,17,18). The van der Waals surface area contributed by atoms with Crippen LogP contribution in [-0.4, -0.2) is 24.2 Å². The zero-order valence-electron chi connectivity index (χ0n) is 12.2. The second-order valence-corrected chi connectivity index (χ2v) is 6.49. The lowest BCUT2D eigenvalue weighted by Gasteiger charge is -2.32. The van der Waals surface area contributed by atoms with Crippen LogP contribution in [0.15, 0.2) is 18.2 Å². The summed E-state index contributed by atoms with van der Waals surface area (Å²) in [6.07, 6.45) is 0.170. The number of amides is 1. The molecule has 0 saturated carbocycles. The molecule has 0 atom stereocenters. The van der Waals surface area contributed by atoms with Crippen molar-refractivity contribution in [3.05, 3.63) is 28.8 Å². The zero-order chi connectivity index (χ0) is 15.1. The third kappa shape index (κ3) is 2.85. The minimum atomic E-state index is -0.505. The lowest BCUT2D eigenvalue weighted by atomic mass is 9.78. The van der Waals surface area contributed by atoms with Gasteiger partial charge in [-0.25, -0.2) is 0 Å². The molecule has 1 saturated heterocycles. The van der Waals surface area contributed by atoms with Gasteiger partial charge in [0.2, 0.25) is 5.91 Å². The Labute approximate surface area is 124 Å². The van der Waals surface area contributed by atoms with E-state index in [1.165, 1.54) is 0 Å². The van der Waals surface area contributed by atoms with Crippen LogP contribution in [0.4, 0.5) is 0 Å². The number of primary amides is 1. The molecule has 2 rings (SSSR count). The van der Waals surface area contributed by atoms with E-state index in [4.69, 9.17) is 26.6 Å². The van der Waals surface area contributed by atoms with Gasteiger partial charge in [0.1, 0.15) is 0 Å². The molecule has 4 nitrogen and oxygen atoms in total. The van der Waals surface area contributed by atoms with Crippen LogP contribution >= 0.6 is 11.6 Å². The average Bonchev–Trinajstić information content (AvgIpc) is 2.46. The van der Waals surface area contributed by atoms with Crippen LogP contribution in [0.1, 0.15) is 33.3 Å². The summed E-state index contributed by atoms with van der Waals surface area (Å²) in [5.74, 6) is -0.385. The molecule has 1 aromatic carbocycles. The summed E-state index contributed by atoms with van der Waals surface area (Å²) in [5.41, 5.74) is 5.90. The van der Waals surface area contributed by atoms with E-state index >= 15 is 0 Å². The molecular weight excluding hydrogens is 276 g/mol. The SMILES string of the molecule is CC1(C)OB(c2ccc(CC(N)=O)cc2Cl)OC1(C)C. The van der Waals surface area contributed by atoms with Gasteiger partial charge in [-0.15, -0.1) is 0 Å². The highest BCUT2D eigenvalue weighted by molar-refractivity contribution is 6.65. The Bertz CT molecular complexity index is 529. The largest absolute Gasteiger partial charge is 0.496 e. The van der Waals surface area contributed by atoms with Crippen molar-refractivity contribution in [2.24, 2.45) is 5.73 Å². The van der Waals surface area contributed by atoms with Crippen LogP contribution in [0.3, 0.4) is 0 Å². The van der Waals surface area contributed by atoms with Crippen molar-refractivity contribution in [2.75, 3.05) is 0 Å². The predicted molar refractivity (Wildman–Crippen MR) is 80.1 cm³/mol. The third-order valence-electron chi connectivity index (χ3n) is 3.95. The van der Waals surface area contributed by atoms with Crippen LogP contribution in [0.2, 0.25) is 5.02 Å². The van der Waals surface area contributed by atoms with E-state index < -0.39 is 18.3 Å². The summed E-state index contributed by atoms with van der Waals surface area (Å²) in [5, 5.41) is 0.516. The summed E-state index contributed by atoms with van der Waals surface area (Å²) >= 11 is 6.27. The number of hydrogen-bond acceptors (Lipinski definition) is 3. The first-order chi connectivity index (χ1) is 9.12. The maximum Gasteiger partial charge on any atom is 0.496 e. The number of carbonyl (C=O) groups excluding carboxylic acids is 1. The van der Waals surface area contributed by atoms with Gasteiger partial charge in [0.15, 0.2) is 0 Å². The Kier molecular flexibility index (Phi) is 3.89. The van der Waals surface area contributed by atoms with Crippen LogP contribution in [-0.2, 0) is 20.5 Å². The fourth-order valence-electron chi connectivity index (χ4n) is 2.04. The first-order valence-corrected chi connectivity index (χ1v) is 6.92. The molecule has 1 aromatic rings. The second-order valence-electron chi connectivity index (χ2n) is 6.09. The third-order valence-corrected chi connectivity index (χ3v) is 4.28. The smallest absolute Gasteiger partial charge is 0.399 e. The van der Waals surface area contributed by atoms with Gasteiger partial charge in [0, 0.05) is 10.5 Å². The second kappa shape index (κ2) is 5.06. The highest BCUT2D eigenvalue weighted by Gasteiger charge is 2.52. The van der Waals surface area contributed by atoms with Crippen molar-refractivity contribution in [1.82, 2.24) is 0 Å². The predicted octanol–water partition coefficient (Wildman–Crippen LogP) is 1.67. The molecule has 0 unspecified atom stereocenters.